The summed E-state index contributed by atoms with van der Waals surface area (Å²) in [6, 6.07) is 22.7. The summed E-state index contributed by atoms with van der Waals surface area (Å²) in [5.74, 6) is -1.84. The van der Waals surface area contributed by atoms with Gasteiger partial charge in [-0.2, -0.15) is 0 Å². The molecule has 0 unspecified atom stereocenters. The molecule has 5 aromatic rings. The van der Waals surface area contributed by atoms with Gasteiger partial charge < -0.3 is 29.6 Å². The second-order valence-corrected chi connectivity index (χ2v) is 23.0. The zero-order valence-corrected chi connectivity index (χ0v) is 45.7. The number of carbonyl (C=O) groups is 6. The molecule has 32 heteroatoms. The van der Waals surface area contributed by atoms with E-state index in [0.717, 1.165) is 37.1 Å². The first-order valence-electron chi connectivity index (χ1n) is 25.1. The van der Waals surface area contributed by atoms with Crippen LogP contribution in [0, 0.1) is 0 Å². The van der Waals surface area contributed by atoms with Gasteiger partial charge in [-0.15, -0.1) is 0 Å². The molecule has 2 N–H and O–H groups in total. The van der Waals surface area contributed by atoms with E-state index in [-0.39, 0.29) is 52.0 Å². The fourth-order valence-corrected chi connectivity index (χ4v) is 8.24. The predicted molar refractivity (Wildman–Crippen MR) is 273 cm³/mol. The maximum atomic E-state index is 13.8. The summed E-state index contributed by atoms with van der Waals surface area (Å²) < 4.78 is 149. The van der Waals surface area contributed by atoms with E-state index in [1.807, 2.05) is 130 Å². The van der Waals surface area contributed by atoms with Crippen molar-refractivity contribution in [3.63, 3.8) is 0 Å². The number of aryl methyl sites for hydroxylation is 4. The summed E-state index contributed by atoms with van der Waals surface area (Å²) in [6.07, 6.45) is 12.2. The Morgan fingerprint density at radius 1 is 0.512 bits per heavy atom. The number of likely N-dealkylation sites (tertiary alicyclic amines) is 2. The fraction of sp³-hybridized carbons (Fsp3) is 0.400. The molecule has 0 aliphatic carbocycles. The van der Waals surface area contributed by atoms with Crippen molar-refractivity contribution in [3.8, 4) is 0 Å². The van der Waals surface area contributed by atoms with Crippen molar-refractivity contribution in [2.45, 2.75) is 102 Å². The molecule has 2 saturated heterocycles. The first-order chi connectivity index (χ1) is 37.8. The topological polar surface area (TPSA) is 188 Å². The monoisotopic (exact) mass is 1220 g/mol. The fourth-order valence-electron chi connectivity index (χ4n) is 8.24. The van der Waals surface area contributed by atoms with Crippen LogP contribution in [0.2, 0.25) is 0 Å². The molecule has 0 radical (unpaired) electrons. The second kappa shape index (κ2) is 25.8. The normalized spacial score (nSPS) is 18.6. The molecule has 4 amide bonds. The molecule has 3 aromatic carbocycles. The minimum atomic E-state index is -10.7. The summed E-state index contributed by atoms with van der Waals surface area (Å²) in [7, 11) is -17.4. The van der Waals surface area contributed by atoms with E-state index in [0.29, 0.717) is 24.2 Å². The van der Waals surface area contributed by atoms with Crippen LogP contribution in [-0.4, -0.2) is 92.3 Å². The number of hydrogen-bond donors (Lipinski definition) is 2. The van der Waals surface area contributed by atoms with E-state index in [1.54, 1.807) is 24.3 Å². The number of benzene rings is 3. The summed E-state index contributed by atoms with van der Waals surface area (Å²) in [5.41, 5.74) is 2.31. The predicted octanol–water partition coefficient (Wildman–Crippen LogP) is 12.0. The summed E-state index contributed by atoms with van der Waals surface area (Å²) in [4.78, 5) is 82.9. The first-order valence-corrected chi connectivity index (χ1v) is 29.1. The Hall–Kier alpha value is -7.48. The number of aromatic nitrogens is 4. The van der Waals surface area contributed by atoms with Crippen LogP contribution < -0.4 is 19.8 Å². The average Bonchev–Trinajstić information content (AvgIpc) is 4.34. The van der Waals surface area contributed by atoms with Gasteiger partial charge in [0, 0.05) is 37.1 Å². The third-order valence-corrected chi connectivity index (χ3v) is 11.8. The van der Waals surface area contributed by atoms with Gasteiger partial charge in [0.25, 0.3) is 0 Å². The molecule has 4 heterocycles. The van der Waals surface area contributed by atoms with Crippen molar-refractivity contribution >= 4 is 62.9 Å². The maximum absolute atomic E-state index is 13.8. The van der Waals surface area contributed by atoms with Gasteiger partial charge in [-0.05, 0) is 61.1 Å². The molecule has 2 fully saturated rings. The van der Waals surface area contributed by atoms with Gasteiger partial charge in [-0.3, -0.25) is 29.0 Å². The number of halogens is 12. The van der Waals surface area contributed by atoms with Gasteiger partial charge in [-0.1, -0.05) is 60.7 Å². The third-order valence-electron chi connectivity index (χ3n) is 11.8. The average molecular weight is 1220 g/mol. The number of ether oxygens (including phenoxy) is 4. The van der Waals surface area contributed by atoms with Crippen LogP contribution in [0.15, 0.2) is 122 Å². The van der Waals surface area contributed by atoms with Crippen molar-refractivity contribution in [1.29, 1.82) is 0 Å². The van der Waals surface area contributed by atoms with E-state index in [1.165, 1.54) is 9.80 Å². The van der Waals surface area contributed by atoms with Gasteiger partial charge in [0.15, 0.2) is 0 Å². The number of anilines is 2. The second-order valence-electron chi connectivity index (χ2n) is 19.1. The Morgan fingerprint density at radius 2 is 0.841 bits per heavy atom. The number of nitrogens with zero attached hydrogens (tertiary/aromatic N) is 6. The van der Waals surface area contributed by atoms with E-state index in [2.05, 4.69) is 10.6 Å². The Kier molecular flexibility index (Phi) is 20.5. The SMILES string of the molecule is C[n+]1ccn(CCCCC(=O)O[C@@H]2C[C@@H](C(=O)Nc3ccc(NC(=O)[C@@H]4C[C@@H](OC(=O)CCCCn5cc[n+](C)c5)CN4C(=O)OCc4ccccc4)cc3)N(C(=O)OCc3ccccc3)C2)c1.F[P-](F)(F)(F)(F)F.F[P-](F)(F)(F)(F)F. The van der Waals surface area contributed by atoms with E-state index in [4.69, 9.17) is 18.9 Å². The standard InChI is InChI=1S/C50H58N8O10.2F6P/c1-53-25-27-55(35-53)23-11-9-17-45(59)67-41-29-43(57(31-41)49(63)65-33-37-13-5-3-6-14-37)47(61)51-39-19-21-40(22-20-39)52-48(62)44-30-42(32-58(44)50(64)66-34-38-15-7-4-8-16-38)68-46(60)18-10-12-24-56-28-26-54(2)36-56;2*1-7(2,3,4,5)6/h3-8,13-16,19-22,25-28,35-36,41-44H,9-12,17-18,23-24,29-34H2,1-2H3;;/q;2*-1/p+2/t41-,42-,43+,44+;;/m1../s1. The molecule has 18 nitrogen and oxygen atoms in total. The molecule has 82 heavy (non-hydrogen) atoms. The van der Waals surface area contributed by atoms with Gasteiger partial charge in [-0.25, -0.2) is 27.9 Å². The van der Waals surface area contributed by atoms with Gasteiger partial charge in [0.05, 0.1) is 40.3 Å². The van der Waals surface area contributed by atoms with Crippen molar-refractivity contribution in [2.75, 3.05) is 23.7 Å². The van der Waals surface area contributed by atoms with Crippen molar-refractivity contribution in [3.05, 3.63) is 133 Å². The van der Waals surface area contributed by atoms with Crippen LogP contribution in [0.25, 0.3) is 0 Å². The molecular formula is C50H60F12N8O10P2. The molecule has 7 rings (SSSR count). The number of unbranched alkanes of at least 4 members (excludes halogenated alkanes) is 2. The molecule has 0 saturated carbocycles. The molecule has 0 spiro atoms. The van der Waals surface area contributed by atoms with E-state index < -0.39 is 75.8 Å². The molecule has 2 aliphatic heterocycles. The Morgan fingerprint density at radius 3 is 1.15 bits per heavy atom. The van der Waals surface area contributed by atoms with E-state index in [9.17, 15) is 79.1 Å². The van der Waals surface area contributed by atoms with Crippen LogP contribution in [0.4, 0.5) is 71.3 Å². The van der Waals surface area contributed by atoms with Crippen molar-refractivity contribution in [1.82, 2.24) is 18.9 Å². The number of hydrogen-bond acceptors (Lipinski definition) is 10. The molecule has 4 atom stereocenters. The first kappa shape index (κ1) is 65.3. The van der Waals surface area contributed by atoms with Crippen LogP contribution in [0.3, 0.4) is 0 Å². The third kappa shape index (κ3) is 27.3. The van der Waals surface area contributed by atoms with E-state index >= 15 is 0 Å². The van der Waals surface area contributed by atoms with Gasteiger partial charge >= 0.3 is 90.1 Å². The van der Waals surface area contributed by atoms with Crippen LogP contribution in [0.1, 0.15) is 62.5 Å². The molecule has 0 bridgehead atoms. The number of amides is 4. The summed E-state index contributed by atoms with van der Waals surface area (Å²) in [6.45, 7) is 1.47. The quantitative estimate of drug-likeness (QED) is 0.0190. The van der Waals surface area contributed by atoms with Gasteiger partial charge in [0.2, 0.25) is 24.5 Å². The molecular weight excluding hydrogens is 1160 g/mol. The molecule has 2 aliphatic rings. The summed E-state index contributed by atoms with van der Waals surface area (Å²) >= 11 is 0. The zero-order chi connectivity index (χ0) is 60.6. The molecule has 2 aromatic heterocycles. The van der Waals surface area contributed by atoms with Crippen LogP contribution in [-0.2, 0) is 78.5 Å². The number of rotatable bonds is 20. The summed E-state index contributed by atoms with van der Waals surface area (Å²) in [5, 5.41) is 5.69. The number of nitrogens with one attached hydrogen (secondary N) is 2. The van der Waals surface area contributed by atoms with Crippen LogP contribution >= 0.6 is 15.6 Å². The Balaban J connectivity index is 0.000000781. The zero-order valence-electron chi connectivity index (χ0n) is 44.0. The Labute approximate surface area is 461 Å². The number of imidazole rings is 2. The Bertz CT molecular complexity index is 2760. The van der Waals surface area contributed by atoms with Crippen molar-refractivity contribution in [2.24, 2.45) is 14.1 Å². The van der Waals surface area contributed by atoms with Crippen LogP contribution in [0.5, 0.6) is 0 Å². The number of esters is 2. The molecule has 454 valence electrons. The minimum absolute atomic E-state index is 0.00416. The number of carbonyl (C=O) groups excluding carboxylic acids is 6. The van der Waals surface area contributed by atoms with Gasteiger partial charge in [0.1, 0.15) is 62.3 Å². The van der Waals surface area contributed by atoms with Crippen molar-refractivity contribution < 1.29 is 107 Å².